The van der Waals surface area contributed by atoms with Crippen molar-refractivity contribution >= 4 is 39.5 Å². The van der Waals surface area contributed by atoms with Crippen molar-refractivity contribution in [2.45, 2.75) is 18.7 Å². The van der Waals surface area contributed by atoms with E-state index in [2.05, 4.69) is 16.4 Å². The number of hydrogen-bond acceptors (Lipinski definition) is 5. The lowest BCUT2D eigenvalue weighted by Gasteiger charge is -2.15. The first-order valence-corrected chi connectivity index (χ1v) is 8.36. The van der Waals surface area contributed by atoms with Crippen molar-refractivity contribution in [3.05, 3.63) is 29.8 Å². The van der Waals surface area contributed by atoms with Crippen LogP contribution in [0.15, 0.2) is 29.3 Å². The molecule has 0 saturated carbocycles. The number of carbonyl (C=O) groups is 1. The van der Waals surface area contributed by atoms with Gasteiger partial charge in [-0.15, -0.1) is 0 Å². The fraction of sp³-hybridized carbons (Fsp3) is 0.429. The second-order valence-corrected chi connectivity index (χ2v) is 6.69. The van der Waals surface area contributed by atoms with E-state index < -0.39 is 0 Å². The number of amides is 1. The molecule has 2 rings (SSSR count). The Hall–Kier alpha value is -0.980. The molecule has 1 aliphatic heterocycles. The summed E-state index contributed by atoms with van der Waals surface area (Å²) in [6.45, 7) is 2.45. The average molecular weight is 310 g/mol. The Morgan fingerprint density at radius 2 is 2.35 bits per heavy atom. The van der Waals surface area contributed by atoms with Gasteiger partial charge in [-0.2, -0.15) is 0 Å². The number of benzene rings is 1. The third-order valence-electron chi connectivity index (χ3n) is 2.71. The van der Waals surface area contributed by atoms with Crippen LogP contribution in [0, 0.1) is 0 Å². The molecule has 1 aromatic rings. The maximum absolute atomic E-state index is 11.8. The topological polar surface area (TPSA) is 50.7 Å². The fourth-order valence-corrected chi connectivity index (χ4v) is 3.70. The number of aliphatic imine (C=N–C) groups is 1. The van der Waals surface area contributed by atoms with Crippen LogP contribution in [0.3, 0.4) is 0 Å². The van der Waals surface area contributed by atoms with E-state index >= 15 is 0 Å². The normalized spacial score (nSPS) is 15.2. The van der Waals surface area contributed by atoms with Gasteiger partial charge < -0.3 is 10.1 Å². The highest BCUT2D eigenvalue weighted by Gasteiger charge is 2.14. The Morgan fingerprint density at radius 3 is 3.15 bits per heavy atom. The monoisotopic (exact) mass is 310 g/mol. The molecule has 1 atom stereocenters. The third kappa shape index (κ3) is 4.54. The van der Waals surface area contributed by atoms with E-state index in [0.29, 0.717) is 12.4 Å². The summed E-state index contributed by atoms with van der Waals surface area (Å²) in [7, 11) is 1.63. The van der Waals surface area contributed by atoms with Crippen molar-refractivity contribution < 1.29 is 9.53 Å². The Bertz CT molecular complexity index is 506. The van der Waals surface area contributed by atoms with E-state index in [1.54, 1.807) is 18.9 Å². The van der Waals surface area contributed by atoms with Crippen LogP contribution in [0.4, 0.5) is 5.69 Å². The van der Waals surface area contributed by atoms with Crippen LogP contribution in [0.25, 0.3) is 0 Å². The van der Waals surface area contributed by atoms with Crippen molar-refractivity contribution in [2.75, 3.05) is 19.5 Å². The zero-order valence-corrected chi connectivity index (χ0v) is 13.2. The second kappa shape index (κ2) is 7.71. The number of nitrogens with one attached hydrogen (secondary N) is 1. The first-order valence-electron chi connectivity index (χ1n) is 6.39. The van der Waals surface area contributed by atoms with Gasteiger partial charge in [0, 0.05) is 18.9 Å². The van der Waals surface area contributed by atoms with Gasteiger partial charge in [0.2, 0.25) is 5.91 Å². The van der Waals surface area contributed by atoms with Gasteiger partial charge in [0.05, 0.1) is 18.0 Å². The molecule has 0 aromatic heterocycles. The Morgan fingerprint density at radius 1 is 1.55 bits per heavy atom. The number of hydrogen-bond donors (Lipinski definition) is 1. The number of fused-ring (bicyclic) bond motifs is 1. The molecular weight excluding hydrogens is 292 g/mol. The molecule has 0 radical (unpaired) electrons. The van der Waals surface area contributed by atoms with Crippen LogP contribution in [-0.4, -0.2) is 35.8 Å². The van der Waals surface area contributed by atoms with Crippen LogP contribution in [0.2, 0.25) is 0 Å². The first kappa shape index (κ1) is 15.4. The second-order valence-electron chi connectivity index (χ2n) is 4.51. The lowest BCUT2D eigenvalue weighted by atomic mass is 10.2. The molecule has 1 amide bonds. The number of thioether (sulfide) groups is 2. The molecule has 20 heavy (non-hydrogen) atoms. The molecule has 1 heterocycles. The molecule has 0 spiro atoms. The van der Waals surface area contributed by atoms with Crippen molar-refractivity contribution in [3.63, 3.8) is 0 Å². The highest BCUT2D eigenvalue weighted by atomic mass is 32.2. The zero-order valence-electron chi connectivity index (χ0n) is 11.6. The fourth-order valence-electron chi connectivity index (χ4n) is 1.82. The van der Waals surface area contributed by atoms with Gasteiger partial charge in [-0.25, -0.2) is 4.99 Å². The third-order valence-corrected chi connectivity index (χ3v) is 4.95. The standard InChI is InChI=1S/C14H18N2O2S2/c1-10(7-18-2)15-13(17)9-20-14-16-12-6-4-3-5-11(12)8-19-14/h3-6,10H,7-9H2,1-2H3,(H,15,17)/t10-/m1/s1. The van der Waals surface area contributed by atoms with Crippen molar-refractivity contribution in [3.8, 4) is 0 Å². The molecule has 1 aromatic carbocycles. The highest BCUT2D eigenvalue weighted by molar-refractivity contribution is 8.38. The van der Waals surface area contributed by atoms with Crippen LogP contribution in [-0.2, 0) is 15.3 Å². The lowest BCUT2D eigenvalue weighted by molar-refractivity contribution is -0.119. The van der Waals surface area contributed by atoms with Crippen LogP contribution < -0.4 is 5.32 Å². The van der Waals surface area contributed by atoms with E-state index in [0.717, 1.165) is 15.8 Å². The predicted molar refractivity (Wildman–Crippen MR) is 86.8 cm³/mol. The largest absolute Gasteiger partial charge is 0.383 e. The minimum absolute atomic E-state index is 0.0155. The number of methoxy groups -OCH3 is 1. The number of para-hydroxylation sites is 1. The maximum atomic E-state index is 11.8. The minimum Gasteiger partial charge on any atom is -0.383 e. The number of ether oxygens (including phenoxy) is 1. The maximum Gasteiger partial charge on any atom is 0.230 e. The van der Waals surface area contributed by atoms with Crippen LogP contribution in [0.1, 0.15) is 12.5 Å². The highest BCUT2D eigenvalue weighted by Crippen LogP contribution is 2.34. The quantitative estimate of drug-likeness (QED) is 0.908. The summed E-state index contributed by atoms with van der Waals surface area (Å²) in [6, 6.07) is 8.15. The molecule has 1 N–H and O–H groups in total. The molecule has 6 heteroatoms. The molecule has 0 unspecified atom stereocenters. The molecule has 0 bridgehead atoms. The van der Waals surface area contributed by atoms with Gasteiger partial charge >= 0.3 is 0 Å². The summed E-state index contributed by atoms with van der Waals surface area (Å²) in [6.07, 6.45) is 0. The van der Waals surface area contributed by atoms with E-state index in [4.69, 9.17) is 4.74 Å². The molecule has 1 aliphatic rings. The molecule has 108 valence electrons. The smallest absolute Gasteiger partial charge is 0.230 e. The Balaban J connectivity index is 1.83. The van der Waals surface area contributed by atoms with E-state index in [9.17, 15) is 4.79 Å². The SMILES string of the molecule is COC[C@@H](C)NC(=O)CSC1=Nc2ccccc2CS1. The van der Waals surface area contributed by atoms with E-state index in [-0.39, 0.29) is 11.9 Å². The molecule has 0 fully saturated rings. The summed E-state index contributed by atoms with van der Waals surface area (Å²) < 4.78 is 5.95. The van der Waals surface area contributed by atoms with Gasteiger partial charge in [0.25, 0.3) is 0 Å². The Labute approximate surface area is 127 Å². The van der Waals surface area contributed by atoms with Gasteiger partial charge in [0.15, 0.2) is 0 Å². The van der Waals surface area contributed by atoms with Gasteiger partial charge in [-0.1, -0.05) is 41.7 Å². The molecular formula is C14H18N2O2S2. The van der Waals surface area contributed by atoms with Crippen molar-refractivity contribution in [2.24, 2.45) is 4.99 Å². The van der Waals surface area contributed by atoms with Crippen LogP contribution >= 0.6 is 23.5 Å². The summed E-state index contributed by atoms with van der Waals surface area (Å²) in [5.74, 6) is 1.33. The number of rotatable bonds is 5. The lowest BCUT2D eigenvalue weighted by Crippen LogP contribution is -2.36. The van der Waals surface area contributed by atoms with Crippen LogP contribution in [0.5, 0.6) is 0 Å². The Kier molecular flexibility index (Phi) is 5.94. The van der Waals surface area contributed by atoms with E-state index in [1.807, 2.05) is 25.1 Å². The summed E-state index contributed by atoms with van der Waals surface area (Å²) in [5, 5.41) is 2.89. The molecule has 0 saturated heterocycles. The number of nitrogens with zero attached hydrogens (tertiary/aromatic N) is 1. The average Bonchev–Trinajstić information content (AvgIpc) is 2.45. The summed E-state index contributed by atoms with van der Waals surface area (Å²) in [5.41, 5.74) is 2.27. The summed E-state index contributed by atoms with van der Waals surface area (Å²) in [4.78, 5) is 16.3. The van der Waals surface area contributed by atoms with Gasteiger partial charge in [0.1, 0.15) is 4.38 Å². The zero-order chi connectivity index (χ0) is 14.4. The number of carbonyl (C=O) groups excluding carboxylic acids is 1. The van der Waals surface area contributed by atoms with Crippen molar-refractivity contribution in [1.82, 2.24) is 5.32 Å². The minimum atomic E-state index is 0.0155. The predicted octanol–water partition coefficient (Wildman–Crippen LogP) is 2.81. The first-order chi connectivity index (χ1) is 9.69. The molecule has 0 aliphatic carbocycles. The van der Waals surface area contributed by atoms with E-state index in [1.165, 1.54) is 17.3 Å². The molecule has 4 nitrogen and oxygen atoms in total. The van der Waals surface area contributed by atoms with Crippen molar-refractivity contribution in [1.29, 1.82) is 0 Å². The van der Waals surface area contributed by atoms with Gasteiger partial charge in [-0.05, 0) is 18.6 Å². The van der Waals surface area contributed by atoms with Gasteiger partial charge in [-0.3, -0.25) is 4.79 Å². The summed E-state index contributed by atoms with van der Waals surface area (Å²) >= 11 is 3.17.